The number of cyclic esters (lactones) is 1. The number of hydrogen-bond acceptors (Lipinski definition) is 8. The first-order valence-electron chi connectivity index (χ1n) is 7.94. The summed E-state index contributed by atoms with van der Waals surface area (Å²) >= 11 is 0. The third-order valence-corrected chi connectivity index (χ3v) is 4.22. The van der Waals surface area contributed by atoms with Crippen molar-refractivity contribution in [2.75, 3.05) is 6.61 Å². The molecule has 6 atom stereocenters. The van der Waals surface area contributed by atoms with Gasteiger partial charge in [0.15, 0.2) is 0 Å². The molecule has 0 radical (unpaired) electrons. The van der Waals surface area contributed by atoms with Crippen LogP contribution < -0.4 is 4.74 Å². The van der Waals surface area contributed by atoms with E-state index in [0.29, 0.717) is 12.2 Å². The molecule has 1 aromatic carbocycles. The van der Waals surface area contributed by atoms with Gasteiger partial charge >= 0.3 is 5.97 Å². The molecule has 0 spiro atoms. The Morgan fingerprint density at radius 3 is 2.44 bits per heavy atom. The molecule has 0 aliphatic carbocycles. The molecule has 2 heterocycles. The minimum Gasteiger partial charge on any atom is -0.462 e. The summed E-state index contributed by atoms with van der Waals surface area (Å²) in [7, 11) is 0. The third kappa shape index (κ3) is 3.83. The van der Waals surface area contributed by atoms with Crippen LogP contribution in [0, 0.1) is 0 Å². The van der Waals surface area contributed by atoms with Crippen LogP contribution in [0.4, 0.5) is 0 Å². The van der Waals surface area contributed by atoms with Crippen molar-refractivity contribution < 1.29 is 39.4 Å². The summed E-state index contributed by atoms with van der Waals surface area (Å²) in [6.45, 7) is -0.524. The Kier molecular flexibility index (Phi) is 5.36. The van der Waals surface area contributed by atoms with E-state index < -0.39 is 43.3 Å². The third-order valence-electron chi connectivity index (χ3n) is 4.22. The summed E-state index contributed by atoms with van der Waals surface area (Å²) < 4.78 is 16.0. The molecule has 0 aromatic heterocycles. The Balaban J connectivity index is 1.66. The molecule has 3 rings (SSSR count). The minimum atomic E-state index is -1.50. The number of hydrogen-bond donors (Lipinski definition) is 4. The largest absolute Gasteiger partial charge is 0.462 e. The summed E-state index contributed by atoms with van der Waals surface area (Å²) in [5.41, 5.74) is 0.791. The van der Waals surface area contributed by atoms with Crippen LogP contribution in [0.3, 0.4) is 0 Å². The molecule has 1 fully saturated rings. The first kappa shape index (κ1) is 17.8. The quantitative estimate of drug-likeness (QED) is 0.530. The Bertz CT molecular complexity index is 626. The molecule has 8 heteroatoms. The second-order valence-corrected chi connectivity index (χ2v) is 5.95. The van der Waals surface area contributed by atoms with Gasteiger partial charge in [0.1, 0.15) is 36.3 Å². The number of benzene rings is 1. The van der Waals surface area contributed by atoms with Gasteiger partial charge in [-0.1, -0.05) is 18.2 Å². The average Bonchev–Trinajstić information content (AvgIpc) is 2.63. The molecule has 0 saturated carbocycles. The van der Waals surface area contributed by atoms with Gasteiger partial charge in [-0.3, -0.25) is 0 Å². The van der Waals surface area contributed by atoms with Crippen LogP contribution in [0.1, 0.15) is 18.1 Å². The highest BCUT2D eigenvalue weighted by Gasteiger charge is 2.44. The molecule has 0 bridgehead atoms. The lowest BCUT2D eigenvalue weighted by Gasteiger charge is -2.39. The maximum absolute atomic E-state index is 11.3. The highest BCUT2D eigenvalue weighted by molar-refractivity contribution is 5.82. The van der Waals surface area contributed by atoms with Crippen LogP contribution in [0.25, 0.3) is 0 Å². The summed E-state index contributed by atoms with van der Waals surface area (Å²) in [6, 6.07) is 6.67. The Morgan fingerprint density at radius 1 is 1.08 bits per heavy atom. The smallest absolute Gasteiger partial charge is 0.331 e. The van der Waals surface area contributed by atoms with Crippen LogP contribution in [0.2, 0.25) is 0 Å². The van der Waals surface area contributed by atoms with Crippen LogP contribution in [0.5, 0.6) is 5.75 Å². The molecule has 136 valence electrons. The van der Waals surface area contributed by atoms with Gasteiger partial charge in [-0.05, 0) is 17.7 Å². The maximum atomic E-state index is 11.3. The average molecular weight is 352 g/mol. The van der Waals surface area contributed by atoms with E-state index in [1.54, 1.807) is 30.3 Å². The number of esters is 1. The van der Waals surface area contributed by atoms with Crippen molar-refractivity contribution in [1.82, 2.24) is 0 Å². The maximum Gasteiger partial charge on any atom is 0.331 e. The molecule has 8 nitrogen and oxygen atoms in total. The summed E-state index contributed by atoms with van der Waals surface area (Å²) in [5, 5.41) is 38.6. The van der Waals surface area contributed by atoms with E-state index in [1.165, 1.54) is 6.08 Å². The van der Waals surface area contributed by atoms with Crippen molar-refractivity contribution in [3.8, 4) is 5.75 Å². The lowest BCUT2D eigenvalue weighted by molar-refractivity contribution is -0.277. The topological polar surface area (TPSA) is 126 Å². The number of ether oxygens (including phenoxy) is 3. The lowest BCUT2D eigenvalue weighted by atomic mass is 9.99. The fraction of sp³-hybridized carbons (Fsp3) is 0.471. The zero-order valence-corrected chi connectivity index (χ0v) is 13.3. The predicted octanol–water partition coefficient (Wildman–Crippen LogP) is -0.591. The van der Waals surface area contributed by atoms with Crippen molar-refractivity contribution in [2.45, 2.75) is 43.2 Å². The highest BCUT2D eigenvalue weighted by Crippen LogP contribution is 2.28. The molecule has 2 aliphatic rings. The fourth-order valence-corrected chi connectivity index (χ4v) is 2.78. The molecular formula is C17H20O8. The fourth-order valence-electron chi connectivity index (χ4n) is 2.78. The minimum absolute atomic E-state index is 0.353. The molecule has 2 aliphatic heterocycles. The van der Waals surface area contributed by atoms with E-state index in [-0.39, 0.29) is 6.10 Å². The molecule has 0 amide bonds. The molecule has 25 heavy (non-hydrogen) atoms. The van der Waals surface area contributed by atoms with Gasteiger partial charge < -0.3 is 34.6 Å². The zero-order chi connectivity index (χ0) is 18.0. The number of carbonyl (C=O) groups excluding carboxylic acids is 1. The number of aliphatic hydroxyl groups excluding tert-OH is 4. The Hall–Kier alpha value is -1.97. The van der Waals surface area contributed by atoms with Crippen molar-refractivity contribution in [2.24, 2.45) is 0 Å². The zero-order valence-electron chi connectivity index (χ0n) is 13.3. The standard InChI is InChI=1S/C17H20O8/c18-8-12-14(20)15(21)16(22)17(25-12)23-10-6-4-9(5-7-10)11-2-1-3-13(19)24-11/h1,3-7,11-12,14-18,20-22H,2,8H2/t11?,12-,14-,15+,16-,17-/m1/s1. The normalized spacial score (nSPS) is 35.3. The SMILES string of the molecule is O=C1C=CCC(c2ccc(O[C@@H]3O[C@H](CO)[C@@H](O)[C@H](O)[C@H]3O)cc2)O1. The summed E-state index contributed by atoms with van der Waals surface area (Å²) in [4.78, 5) is 11.3. The second-order valence-electron chi connectivity index (χ2n) is 5.95. The summed E-state index contributed by atoms with van der Waals surface area (Å²) in [5.74, 6) is -0.0383. The van der Waals surface area contributed by atoms with Crippen LogP contribution in [-0.2, 0) is 14.3 Å². The number of aliphatic hydroxyl groups is 4. The van der Waals surface area contributed by atoms with Crippen molar-refractivity contribution in [1.29, 1.82) is 0 Å². The predicted molar refractivity (Wildman–Crippen MR) is 83.4 cm³/mol. The molecule has 4 N–H and O–H groups in total. The van der Waals surface area contributed by atoms with Crippen LogP contribution in [-0.4, -0.2) is 63.7 Å². The highest BCUT2D eigenvalue weighted by atomic mass is 16.7. The van der Waals surface area contributed by atoms with E-state index in [1.807, 2.05) is 0 Å². The van der Waals surface area contributed by atoms with E-state index in [9.17, 15) is 25.2 Å². The summed E-state index contributed by atoms with van der Waals surface area (Å²) in [6.07, 6.45) is -3.32. The number of rotatable bonds is 4. The van der Waals surface area contributed by atoms with Gasteiger partial charge in [-0.2, -0.15) is 0 Å². The molecule has 1 aromatic rings. The Labute approximate surface area is 143 Å². The number of carbonyl (C=O) groups is 1. The van der Waals surface area contributed by atoms with E-state index in [2.05, 4.69) is 0 Å². The van der Waals surface area contributed by atoms with Crippen molar-refractivity contribution >= 4 is 5.97 Å². The van der Waals surface area contributed by atoms with E-state index in [4.69, 9.17) is 14.2 Å². The van der Waals surface area contributed by atoms with Gasteiger partial charge in [0, 0.05) is 12.5 Å². The van der Waals surface area contributed by atoms with Crippen molar-refractivity contribution in [3.05, 3.63) is 42.0 Å². The van der Waals surface area contributed by atoms with E-state index >= 15 is 0 Å². The van der Waals surface area contributed by atoms with Gasteiger partial charge in [-0.25, -0.2) is 4.79 Å². The monoisotopic (exact) mass is 352 g/mol. The second kappa shape index (κ2) is 7.51. The molecule has 1 saturated heterocycles. The van der Waals surface area contributed by atoms with Crippen LogP contribution >= 0.6 is 0 Å². The van der Waals surface area contributed by atoms with Gasteiger partial charge in [0.2, 0.25) is 6.29 Å². The van der Waals surface area contributed by atoms with E-state index in [0.717, 1.165) is 5.56 Å². The van der Waals surface area contributed by atoms with Gasteiger partial charge in [0.05, 0.1) is 6.61 Å². The van der Waals surface area contributed by atoms with Gasteiger partial charge in [0.25, 0.3) is 0 Å². The van der Waals surface area contributed by atoms with Gasteiger partial charge in [-0.15, -0.1) is 0 Å². The van der Waals surface area contributed by atoms with Crippen LogP contribution in [0.15, 0.2) is 36.4 Å². The molecular weight excluding hydrogens is 332 g/mol. The first-order chi connectivity index (χ1) is 12.0. The van der Waals surface area contributed by atoms with Crippen molar-refractivity contribution in [3.63, 3.8) is 0 Å². The Morgan fingerprint density at radius 2 is 1.80 bits per heavy atom. The molecule has 1 unspecified atom stereocenters. The lowest BCUT2D eigenvalue weighted by Crippen LogP contribution is -2.60. The first-order valence-corrected chi connectivity index (χ1v) is 7.94.